The van der Waals surface area contributed by atoms with Crippen molar-refractivity contribution in [3.8, 4) is 0 Å². The van der Waals surface area contributed by atoms with Gasteiger partial charge in [-0.15, -0.1) is 0 Å². The fourth-order valence-corrected chi connectivity index (χ4v) is 3.16. The fourth-order valence-electron chi connectivity index (χ4n) is 1.08. The third-order valence-corrected chi connectivity index (χ3v) is 4.99. The first-order chi connectivity index (χ1) is 7.59. The van der Waals surface area contributed by atoms with Crippen LogP contribution in [0.4, 0.5) is 0 Å². The molecule has 0 radical (unpaired) electrons. The van der Waals surface area contributed by atoms with E-state index in [1.54, 1.807) is 6.92 Å². The number of amides is 1. The van der Waals surface area contributed by atoms with Gasteiger partial charge < -0.3 is 11.5 Å². The summed E-state index contributed by atoms with van der Waals surface area (Å²) in [5.41, 5.74) is 12.3. The van der Waals surface area contributed by atoms with E-state index in [1.165, 1.54) is 27.2 Å². The van der Waals surface area contributed by atoms with Crippen LogP contribution < -0.4 is 11.5 Å². The predicted octanol–water partition coefficient (Wildman–Crippen LogP) is 1.77. The minimum atomic E-state index is -0.301. The summed E-state index contributed by atoms with van der Waals surface area (Å²) in [5, 5.41) is -0.221. The van der Waals surface area contributed by atoms with Crippen LogP contribution in [0.15, 0.2) is 30.3 Å². The predicted molar refractivity (Wildman–Crippen MR) is 72.0 cm³/mol. The molecule has 0 heterocycles. The van der Waals surface area contributed by atoms with Gasteiger partial charge in [0, 0.05) is 0 Å². The Bertz CT molecular complexity index is 332. The number of hydrogen-bond donors (Lipinski definition) is 2. The molecule has 2 unspecified atom stereocenters. The van der Waals surface area contributed by atoms with E-state index < -0.39 is 0 Å². The number of primary amides is 1. The van der Waals surface area contributed by atoms with E-state index in [9.17, 15) is 4.79 Å². The van der Waals surface area contributed by atoms with Gasteiger partial charge >= 0.3 is 0 Å². The Morgan fingerprint density at radius 1 is 1.31 bits per heavy atom. The zero-order valence-electron chi connectivity index (χ0n) is 9.13. The maximum atomic E-state index is 10.8. The zero-order chi connectivity index (χ0) is 12.0. The van der Waals surface area contributed by atoms with Crippen LogP contribution in [0.5, 0.6) is 0 Å². The molecule has 0 spiro atoms. The number of nitrogens with two attached hydrogens (primary N) is 2. The Hall–Kier alpha value is -0.650. The molecule has 1 amide bonds. The molecular formula is C11H16N2OS2. The van der Waals surface area contributed by atoms with Crippen LogP contribution in [0.25, 0.3) is 0 Å². The Kier molecular flexibility index (Phi) is 5.73. The molecule has 0 aliphatic rings. The molecule has 0 bridgehead atoms. The van der Waals surface area contributed by atoms with Crippen molar-refractivity contribution in [1.29, 1.82) is 0 Å². The molecule has 0 aliphatic carbocycles. The van der Waals surface area contributed by atoms with Crippen molar-refractivity contribution in [3.63, 3.8) is 0 Å². The molecule has 0 aromatic heterocycles. The third kappa shape index (κ3) is 4.92. The summed E-state index contributed by atoms with van der Waals surface area (Å²) in [5.74, 6) is -0.301. The number of carbonyl (C=O) groups is 1. The topological polar surface area (TPSA) is 69.1 Å². The lowest BCUT2D eigenvalue weighted by Crippen LogP contribution is -2.23. The molecule has 0 aliphatic heterocycles. The van der Waals surface area contributed by atoms with Gasteiger partial charge in [0.2, 0.25) is 5.91 Å². The second kappa shape index (κ2) is 6.83. The van der Waals surface area contributed by atoms with Crippen molar-refractivity contribution < 1.29 is 4.79 Å². The SMILES string of the molecule is CC(SSC(N)Cc1ccccc1)C(N)=O. The quantitative estimate of drug-likeness (QED) is 0.601. The van der Waals surface area contributed by atoms with E-state index in [0.717, 1.165) is 6.42 Å². The van der Waals surface area contributed by atoms with E-state index in [-0.39, 0.29) is 16.5 Å². The molecule has 3 nitrogen and oxygen atoms in total. The Morgan fingerprint density at radius 2 is 1.94 bits per heavy atom. The maximum Gasteiger partial charge on any atom is 0.231 e. The minimum absolute atomic E-state index is 0.0193. The highest BCUT2D eigenvalue weighted by molar-refractivity contribution is 8.77. The summed E-state index contributed by atoms with van der Waals surface area (Å²) in [6.07, 6.45) is 0.796. The van der Waals surface area contributed by atoms with Gasteiger partial charge in [-0.2, -0.15) is 0 Å². The molecule has 1 rings (SSSR count). The monoisotopic (exact) mass is 256 g/mol. The van der Waals surface area contributed by atoms with Crippen molar-refractivity contribution in [3.05, 3.63) is 35.9 Å². The molecule has 16 heavy (non-hydrogen) atoms. The number of hydrogen-bond acceptors (Lipinski definition) is 4. The Balaban J connectivity index is 2.31. The number of rotatable bonds is 6. The van der Waals surface area contributed by atoms with Crippen molar-refractivity contribution in [2.24, 2.45) is 11.5 Å². The second-order valence-electron chi connectivity index (χ2n) is 3.47. The summed E-state index contributed by atoms with van der Waals surface area (Å²) < 4.78 is 0. The molecule has 1 aromatic carbocycles. The highest BCUT2D eigenvalue weighted by Crippen LogP contribution is 2.30. The summed E-state index contributed by atoms with van der Waals surface area (Å²) in [6, 6.07) is 10.1. The van der Waals surface area contributed by atoms with Gasteiger partial charge in [-0.1, -0.05) is 51.9 Å². The summed E-state index contributed by atoms with van der Waals surface area (Å²) in [6.45, 7) is 1.79. The largest absolute Gasteiger partial charge is 0.369 e. The van der Waals surface area contributed by atoms with Gasteiger partial charge in [-0.05, 0) is 18.9 Å². The van der Waals surface area contributed by atoms with Crippen molar-refractivity contribution in [1.82, 2.24) is 0 Å². The van der Waals surface area contributed by atoms with E-state index in [2.05, 4.69) is 0 Å². The average Bonchev–Trinajstić information content (AvgIpc) is 2.27. The van der Waals surface area contributed by atoms with Gasteiger partial charge in [0.1, 0.15) is 0 Å². The normalized spacial score (nSPS) is 14.4. The molecule has 5 heteroatoms. The molecule has 0 saturated carbocycles. The van der Waals surface area contributed by atoms with E-state index >= 15 is 0 Å². The Morgan fingerprint density at radius 3 is 2.50 bits per heavy atom. The maximum absolute atomic E-state index is 10.8. The molecule has 0 saturated heterocycles. The van der Waals surface area contributed by atoms with E-state index in [0.29, 0.717) is 0 Å². The molecule has 88 valence electrons. The van der Waals surface area contributed by atoms with Crippen LogP contribution in [0, 0.1) is 0 Å². The second-order valence-corrected chi connectivity index (χ2v) is 6.32. The first-order valence-corrected chi connectivity index (χ1v) is 7.28. The smallest absolute Gasteiger partial charge is 0.231 e. The van der Waals surface area contributed by atoms with Gasteiger partial charge in [-0.3, -0.25) is 4.79 Å². The average molecular weight is 256 g/mol. The van der Waals surface area contributed by atoms with Gasteiger partial charge in [0.15, 0.2) is 0 Å². The summed E-state index contributed by atoms with van der Waals surface area (Å²) in [4.78, 5) is 10.8. The lowest BCUT2D eigenvalue weighted by atomic mass is 10.2. The molecule has 1 aromatic rings. The number of carbonyl (C=O) groups excluding carboxylic acids is 1. The third-order valence-electron chi connectivity index (χ3n) is 2.00. The molecule has 2 atom stereocenters. The highest BCUT2D eigenvalue weighted by Gasteiger charge is 2.12. The van der Waals surface area contributed by atoms with Crippen LogP contribution in [0.3, 0.4) is 0 Å². The first kappa shape index (κ1) is 13.4. The van der Waals surface area contributed by atoms with Crippen LogP contribution in [-0.2, 0) is 11.2 Å². The lowest BCUT2D eigenvalue weighted by Gasteiger charge is -2.12. The molecule has 4 N–H and O–H groups in total. The van der Waals surface area contributed by atoms with Crippen LogP contribution in [0.2, 0.25) is 0 Å². The van der Waals surface area contributed by atoms with E-state index in [1.807, 2.05) is 30.3 Å². The van der Waals surface area contributed by atoms with Crippen LogP contribution >= 0.6 is 21.6 Å². The molecular weight excluding hydrogens is 240 g/mol. The van der Waals surface area contributed by atoms with Crippen LogP contribution in [0.1, 0.15) is 12.5 Å². The number of benzene rings is 1. The first-order valence-electron chi connectivity index (χ1n) is 5.00. The van der Waals surface area contributed by atoms with Gasteiger partial charge in [-0.25, -0.2) is 0 Å². The summed E-state index contributed by atoms with van der Waals surface area (Å²) >= 11 is 0. The van der Waals surface area contributed by atoms with Crippen molar-refractivity contribution in [2.75, 3.05) is 0 Å². The minimum Gasteiger partial charge on any atom is -0.369 e. The van der Waals surface area contributed by atoms with Crippen molar-refractivity contribution in [2.45, 2.75) is 24.0 Å². The molecule has 0 fully saturated rings. The standard InChI is InChI=1S/C11H16N2OS2/c1-8(11(13)14)15-16-10(12)7-9-5-3-2-4-6-9/h2-6,8,10H,7,12H2,1H3,(H2,13,14). The Labute approximate surface area is 104 Å². The lowest BCUT2D eigenvalue weighted by molar-refractivity contribution is -0.117. The summed E-state index contributed by atoms with van der Waals surface area (Å²) in [7, 11) is 2.93. The van der Waals surface area contributed by atoms with Crippen molar-refractivity contribution >= 4 is 27.5 Å². The van der Waals surface area contributed by atoms with E-state index in [4.69, 9.17) is 11.5 Å². The fraction of sp³-hybridized carbons (Fsp3) is 0.364. The van der Waals surface area contributed by atoms with Crippen LogP contribution in [-0.4, -0.2) is 16.5 Å². The highest BCUT2D eigenvalue weighted by atomic mass is 33.1. The van der Waals surface area contributed by atoms with Gasteiger partial charge in [0.05, 0.1) is 10.6 Å². The van der Waals surface area contributed by atoms with Gasteiger partial charge in [0.25, 0.3) is 0 Å². The zero-order valence-corrected chi connectivity index (χ0v) is 10.8.